The zero-order chi connectivity index (χ0) is 10.3. The smallest absolute Gasteiger partial charge is 0.231 e. The summed E-state index contributed by atoms with van der Waals surface area (Å²) < 4.78 is 10.2. The van der Waals surface area contributed by atoms with Gasteiger partial charge in [0.2, 0.25) is 12.5 Å². The molecule has 2 rings (SSSR count). The molecule has 0 saturated heterocycles. The molecule has 1 aromatic rings. The summed E-state index contributed by atoms with van der Waals surface area (Å²) in [5, 5.41) is 19.3. The van der Waals surface area contributed by atoms with E-state index in [4.69, 9.17) is 9.47 Å². The first-order valence-electron chi connectivity index (χ1n) is 4.34. The number of benzene rings is 1. The van der Waals surface area contributed by atoms with Crippen molar-refractivity contribution in [2.75, 3.05) is 6.79 Å². The van der Waals surface area contributed by atoms with E-state index < -0.39 is 5.60 Å². The Kier molecular flexibility index (Phi) is 1.82. The molecule has 0 radical (unpaired) electrons. The molecule has 14 heavy (non-hydrogen) atoms. The first-order valence-corrected chi connectivity index (χ1v) is 4.34. The lowest BCUT2D eigenvalue weighted by Crippen LogP contribution is -2.15. The second-order valence-corrected chi connectivity index (χ2v) is 3.79. The number of ether oxygens (including phenoxy) is 2. The first-order chi connectivity index (χ1) is 6.48. The summed E-state index contributed by atoms with van der Waals surface area (Å²) in [6, 6.07) is 3.15. The van der Waals surface area contributed by atoms with Gasteiger partial charge in [-0.25, -0.2) is 0 Å². The van der Waals surface area contributed by atoms with E-state index in [-0.39, 0.29) is 12.5 Å². The summed E-state index contributed by atoms with van der Waals surface area (Å²) in [4.78, 5) is 0. The van der Waals surface area contributed by atoms with Gasteiger partial charge in [0.1, 0.15) is 0 Å². The first kappa shape index (κ1) is 9.15. The number of fused-ring (bicyclic) bond motifs is 1. The Morgan fingerprint density at radius 3 is 2.64 bits per heavy atom. The molecule has 1 aliphatic rings. The minimum atomic E-state index is -1.00. The molecule has 2 N–H and O–H groups in total. The van der Waals surface area contributed by atoms with Crippen LogP contribution in [0.2, 0.25) is 0 Å². The lowest BCUT2D eigenvalue weighted by atomic mass is 9.98. The van der Waals surface area contributed by atoms with E-state index in [1.165, 1.54) is 6.07 Å². The van der Waals surface area contributed by atoms with Crippen molar-refractivity contribution in [2.45, 2.75) is 19.4 Å². The van der Waals surface area contributed by atoms with Crippen LogP contribution in [0, 0.1) is 0 Å². The second-order valence-electron chi connectivity index (χ2n) is 3.79. The van der Waals surface area contributed by atoms with Gasteiger partial charge in [-0.1, -0.05) is 0 Å². The van der Waals surface area contributed by atoms with Gasteiger partial charge < -0.3 is 19.7 Å². The number of aliphatic hydroxyl groups is 1. The van der Waals surface area contributed by atoms with Crippen LogP contribution in [0.5, 0.6) is 17.2 Å². The molecular formula is C10H12O4. The van der Waals surface area contributed by atoms with Gasteiger partial charge in [-0.2, -0.15) is 0 Å². The SMILES string of the molecule is CC(C)(O)c1cc(O)c2c(c1)OCO2. The highest BCUT2D eigenvalue weighted by Crippen LogP contribution is 2.43. The van der Waals surface area contributed by atoms with Gasteiger partial charge in [0.15, 0.2) is 11.5 Å². The largest absolute Gasteiger partial charge is 0.504 e. The summed E-state index contributed by atoms with van der Waals surface area (Å²) in [6.45, 7) is 3.39. The van der Waals surface area contributed by atoms with E-state index in [2.05, 4.69) is 0 Å². The molecule has 0 bridgehead atoms. The minimum Gasteiger partial charge on any atom is -0.504 e. The molecule has 0 atom stereocenters. The van der Waals surface area contributed by atoms with Crippen LogP contribution >= 0.6 is 0 Å². The molecule has 0 fully saturated rings. The van der Waals surface area contributed by atoms with E-state index >= 15 is 0 Å². The average Bonchev–Trinajstić information content (AvgIpc) is 2.50. The third kappa shape index (κ3) is 1.37. The number of aromatic hydroxyl groups is 1. The maximum absolute atomic E-state index is 9.74. The molecule has 4 nitrogen and oxygen atoms in total. The van der Waals surface area contributed by atoms with Gasteiger partial charge in [0.25, 0.3) is 0 Å². The predicted octanol–water partition coefficient (Wildman–Crippen LogP) is 1.35. The predicted molar refractivity (Wildman–Crippen MR) is 49.5 cm³/mol. The van der Waals surface area contributed by atoms with Crippen molar-refractivity contribution in [2.24, 2.45) is 0 Å². The van der Waals surface area contributed by atoms with E-state index in [9.17, 15) is 10.2 Å². The van der Waals surface area contributed by atoms with Crippen LogP contribution in [-0.2, 0) is 5.60 Å². The van der Waals surface area contributed by atoms with Gasteiger partial charge in [-0.05, 0) is 31.5 Å². The quantitative estimate of drug-likeness (QED) is 0.711. The van der Waals surface area contributed by atoms with Crippen molar-refractivity contribution < 1.29 is 19.7 Å². The molecule has 0 amide bonds. The van der Waals surface area contributed by atoms with Gasteiger partial charge >= 0.3 is 0 Å². The zero-order valence-corrected chi connectivity index (χ0v) is 8.07. The number of hydrogen-bond donors (Lipinski definition) is 2. The van der Waals surface area contributed by atoms with Gasteiger partial charge in [0.05, 0.1) is 5.60 Å². The maximum Gasteiger partial charge on any atom is 0.231 e. The fourth-order valence-electron chi connectivity index (χ4n) is 1.34. The van der Waals surface area contributed by atoms with Crippen LogP contribution in [0.15, 0.2) is 12.1 Å². The van der Waals surface area contributed by atoms with E-state index in [0.29, 0.717) is 17.1 Å². The highest BCUT2D eigenvalue weighted by atomic mass is 16.7. The minimum absolute atomic E-state index is 0.00266. The van der Waals surface area contributed by atoms with Crippen molar-refractivity contribution in [1.29, 1.82) is 0 Å². The Balaban J connectivity index is 2.52. The van der Waals surface area contributed by atoms with Crippen molar-refractivity contribution in [3.8, 4) is 17.2 Å². The fourth-order valence-corrected chi connectivity index (χ4v) is 1.34. The molecule has 1 aliphatic heterocycles. The summed E-state index contributed by atoms with van der Waals surface area (Å²) in [5.41, 5.74) is -0.405. The summed E-state index contributed by atoms with van der Waals surface area (Å²) >= 11 is 0. The number of hydrogen-bond acceptors (Lipinski definition) is 4. The Morgan fingerprint density at radius 2 is 2.00 bits per heavy atom. The third-order valence-electron chi connectivity index (χ3n) is 2.16. The van der Waals surface area contributed by atoms with Crippen LogP contribution in [0.3, 0.4) is 0 Å². The standard InChI is InChI=1S/C10H12O4/c1-10(2,12)6-3-7(11)9-8(4-6)13-5-14-9/h3-4,11-12H,5H2,1-2H3. The normalized spacial score (nSPS) is 14.5. The molecule has 1 aromatic carbocycles. The molecule has 0 saturated carbocycles. The van der Waals surface area contributed by atoms with Crippen LogP contribution in [0.4, 0.5) is 0 Å². The lowest BCUT2D eigenvalue weighted by molar-refractivity contribution is 0.0781. The van der Waals surface area contributed by atoms with E-state index in [1.54, 1.807) is 19.9 Å². The van der Waals surface area contributed by atoms with Crippen LogP contribution in [-0.4, -0.2) is 17.0 Å². The molecule has 0 aromatic heterocycles. The molecular weight excluding hydrogens is 184 g/mol. The van der Waals surface area contributed by atoms with Crippen LogP contribution in [0.1, 0.15) is 19.4 Å². The summed E-state index contributed by atoms with van der Waals surface area (Å²) in [7, 11) is 0. The Hall–Kier alpha value is -1.42. The molecule has 0 aliphatic carbocycles. The monoisotopic (exact) mass is 196 g/mol. The van der Waals surface area contributed by atoms with Crippen molar-refractivity contribution in [1.82, 2.24) is 0 Å². The Morgan fingerprint density at radius 1 is 1.29 bits per heavy atom. The summed E-state index contributed by atoms with van der Waals surface area (Å²) in [5.74, 6) is 0.817. The number of phenols is 1. The van der Waals surface area contributed by atoms with Gasteiger partial charge in [-0.15, -0.1) is 0 Å². The molecule has 1 heterocycles. The van der Waals surface area contributed by atoms with E-state index in [0.717, 1.165) is 0 Å². The molecule has 4 heteroatoms. The molecule has 76 valence electrons. The average molecular weight is 196 g/mol. The summed E-state index contributed by atoms with van der Waals surface area (Å²) in [6.07, 6.45) is 0. The van der Waals surface area contributed by atoms with Gasteiger partial charge in [0, 0.05) is 0 Å². The van der Waals surface area contributed by atoms with Crippen molar-refractivity contribution >= 4 is 0 Å². The van der Waals surface area contributed by atoms with E-state index in [1.807, 2.05) is 0 Å². The van der Waals surface area contributed by atoms with Crippen molar-refractivity contribution in [3.63, 3.8) is 0 Å². The van der Waals surface area contributed by atoms with Crippen LogP contribution < -0.4 is 9.47 Å². The third-order valence-corrected chi connectivity index (χ3v) is 2.16. The zero-order valence-electron chi connectivity index (χ0n) is 8.07. The maximum atomic E-state index is 9.74. The molecule has 0 spiro atoms. The second kappa shape index (κ2) is 2.78. The highest BCUT2D eigenvalue weighted by Gasteiger charge is 2.24. The topological polar surface area (TPSA) is 58.9 Å². The van der Waals surface area contributed by atoms with Crippen LogP contribution in [0.25, 0.3) is 0 Å². The number of phenolic OH excluding ortho intramolecular Hbond substituents is 1. The highest BCUT2D eigenvalue weighted by molar-refractivity contribution is 5.55. The number of rotatable bonds is 1. The molecule has 0 unspecified atom stereocenters. The van der Waals surface area contributed by atoms with Crippen molar-refractivity contribution in [3.05, 3.63) is 17.7 Å². The lowest BCUT2D eigenvalue weighted by Gasteiger charge is -2.18. The van der Waals surface area contributed by atoms with Gasteiger partial charge in [-0.3, -0.25) is 0 Å². The Labute approximate surface area is 81.7 Å². The Bertz CT molecular complexity index is 365. The fraction of sp³-hybridized carbons (Fsp3) is 0.400.